The number of benzene rings is 1. The van der Waals surface area contributed by atoms with Gasteiger partial charge in [-0.2, -0.15) is 5.26 Å². The largest absolute Gasteiger partial charge is 0.332 e. The molecule has 0 radical (unpaired) electrons. The molecule has 4 nitrogen and oxygen atoms in total. The maximum atomic E-state index is 13.9. The molecule has 0 unspecified atom stereocenters. The Labute approximate surface area is 115 Å². The summed E-state index contributed by atoms with van der Waals surface area (Å²) in [5, 5.41) is 12.9. The standard InChI is InChI=1S/C15H13FN4/c1-2-10-6-14-12(7-13(10)16)11(8-17)9-20(14)15-18-4-3-5-19-15/h3-4,6-7,9H,2,5H2,1H3,(H,18,19). The lowest BCUT2D eigenvalue weighted by Gasteiger charge is -2.12. The van der Waals surface area contributed by atoms with Crippen LogP contribution in [0.15, 0.2) is 35.6 Å². The molecule has 3 rings (SSSR count). The fourth-order valence-corrected chi connectivity index (χ4v) is 2.34. The summed E-state index contributed by atoms with van der Waals surface area (Å²) in [6, 6.07) is 5.32. The van der Waals surface area contributed by atoms with E-state index in [1.165, 1.54) is 6.07 Å². The van der Waals surface area contributed by atoms with Crippen molar-refractivity contribution in [2.24, 2.45) is 4.99 Å². The number of aliphatic imine (C=N–C) groups is 1. The van der Waals surface area contributed by atoms with Crippen LogP contribution in [0, 0.1) is 17.1 Å². The first-order chi connectivity index (χ1) is 9.74. The minimum Gasteiger partial charge on any atom is -0.332 e. The average Bonchev–Trinajstić information content (AvgIpc) is 2.85. The highest BCUT2D eigenvalue weighted by Crippen LogP contribution is 2.25. The van der Waals surface area contributed by atoms with Crippen molar-refractivity contribution in [1.82, 2.24) is 9.88 Å². The molecule has 1 aromatic heterocycles. The normalized spacial score (nSPS) is 13.9. The molecule has 1 aromatic carbocycles. The van der Waals surface area contributed by atoms with Gasteiger partial charge in [-0.15, -0.1) is 0 Å². The number of rotatable bonds is 1. The van der Waals surface area contributed by atoms with Crippen molar-refractivity contribution in [3.05, 3.63) is 47.5 Å². The second-order valence-corrected chi connectivity index (χ2v) is 4.55. The first-order valence-corrected chi connectivity index (χ1v) is 6.44. The Bertz CT molecular complexity index is 777. The predicted octanol–water partition coefficient (Wildman–Crippen LogP) is 2.54. The van der Waals surface area contributed by atoms with E-state index >= 15 is 0 Å². The van der Waals surface area contributed by atoms with E-state index in [1.807, 2.05) is 19.2 Å². The average molecular weight is 268 g/mol. The number of nitrogens with zero attached hydrogens (tertiary/aromatic N) is 3. The minimum absolute atomic E-state index is 0.271. The second-order valence-electron chi connectivity index (χ2n) is 4.55. The summed E-state index contributed by atoms with van der Waals surface area (Å²) in [6.45, 7) is 2.49. The van der Waals surface area contributed by atoms with Crippen LogP contribution in [0.1, 0.15) is 18.1 Å². The van der Waals surface area contributed by atoms with E-state index in [1.54, 1.807) is 16.8 Å². The van der Waals surface area contributed by atoms with Gasteiger partial charge in [-0.05, 0) is 30.2 Å². The number of aryl methyl sites for hydroxylation is 1. The fraction of sp³-hybridized carbons (Fsp3) is 0.200. The molecule has 0 fully saturated rings. The summed E-state index contributed by atoms with van der Waals surface area (Å²) in [5.41, 5.74) is 1.87. The van der Waals surface area contributed by atoms with E-state index in [-0.39, 0.29) is 5.82 Å². The molecule has 0 spiro atoms. The van der Waals surface area contributed by atoms with Crippen LogP contribution in [0.2, 0.25) is 0 Å². The third kappa shape index (κ3) is 1.86. The van der Waals surface area contributed by atoms with Gasteiger partial charge in [0, 0.05) is 17.8 Å². The summed E-state index contributed by atoms with van der Waals surface area (Å²) in [5.74, 6) is 0.375. The van der Waals surface area contributed by atoms with Gasteiger partial charge in [-0.25, -0.2) is 9.38 Å². The summed E-state index contributed by atoms with van der Waals surface area (Å²) in [6.07, 6.45) is 6.01. The number of hydrogen-bond donors (Lipinski definition) is 1. The minimum atomic E-state index is -0.271. The van der Waals surface area contributed by atoms with Gasteiger partial charge < -0.3 is 5.32 Å². The highest BCUT2D eigenvalue weighted by molar-refractivity contribution is 5.97. The molecule has 0 aliphatic carbocycles. The highest BCUT2D eigenvalue weighted by atomic mass is 19.1. The van der Waals surface area contributed by atoms with E-state index in [0.717, 1.165) is 5.52 Å². The van der Waals surface area contributed by atoms with Gasteiger partial charge in [-0.3, -0.25) is 4.57 Å². The Hall–Kier alpha value is -2.61. The Kier molecular flexibility index (Phi) is 2.99. The summed E-state index contributed by atoms with van der Waals surface area (Å²) in [7, 11) is 0. The number of aromatic nitrogens is 1. The van der Waals surface area contributed by atoms with Crippen LogP contribution in [0.3, 0.4) is 0 Å². The number of halogens is 1. The molecule has 1 aliphatic rings. The van der Waals surface area contributed by atoms with Gasteiger partial charge in [0.2, 0.25) is 5.96 Å². The molecule has 0 bridgehead atoms. The van der Waals surface area contributed by atoms with Crippen molar-refractivity contribution in [3.8, 4) is 6.07 Å². The maximum absolute atomic E-state index is 13.9. The Morgan fingerprint density at radius 3 is 3.00 bits per heavy atom. The number of hydrogen-bond acceptors (Lipinski definition) is 3. The third-order valence-electron chi connectivity index (χ3n) is 3.38. The lowest BCUT2D eigenvalue weighted by atomic mass is 10.1. The second kappa shape index (κ2) is 4.82. The molecule has 1 N–H and O–H groups in total. The SMILES string of the molecule is CCc1cc2c(cc1F)c(C#N)cn2C1=NCC=CN1. The van der Waals surface area contributed by atoms with Crippen molar-refractivity contribution in [2.45, 2.75) is 13.3 Å². The van der Waals surface area contributed by atoms with Crippen LogP contribution >= 0.6 is 0 Å². The number of nitriles is 1. The van der Waals surface area contributed by atoms with Crippen LogP contribution in [-0.2, 0) is 6.42 Å². The monoisotopic (exact) mass is 268 g/mol. The Morgan fingerprint density at radius 1 is 1.50 bits per heavy atom. The maximum Gasteiger partial charge on any atom is 0.207 e. The van der Waals surface area contributed by atoms with Gasteiger partial charge in [0.05, 0.1) is 17.6 Å². The van der Waals surface area contributed by atoms with Crippen LogP contribution in [0.5, 0.6) is 0 Å². The lowest BCUT2D eigenvalue weighted by Crippen LogP contribution is -2.27. The van der Waals surface area contributed by atoms with E-state index in [0.29, 0.717) is 35.4 Å². The zero-order chi connectivity index (χ0) is 14.1. The first-order valence-electron chi connectivity index (χ1n) is 6.44. The summed E-state index contributed by atoms with van der Waals surface area (Å²) in [4.78, 5) is 4.35. The van der Waals surface area contributed by atoms with E-state index in [9.17, 15) is 9.65 Å². The zero-order valence-electron chi connectivity index (χ0n) is 11.0. The smallest absolute Gasteiger partial charge is 0.207 e. The number of nitrogens with one attached hydrogen (secondary N) is 1. The molecule has 1 aliphatic heterocycles. The molecular formula is C15H13FN4. The zero-order valence-corrected chi connectivity index (χ0v) is 11.0. The van der Waals surface area contributed by atoms with Crippen LogP contribution in [0.4, 0.5) is 4.39 Å². The van der Waals surface area contributed by atoms with Gasteiger partial charge >= 0.3 is 0 Å². The molecule has 100 valence electrons. The van der Waals surface area contributed by atoms with E-state index in [2.05, 4.69) is 16.4 Å². The predicted molar refractivity (Wildman–Crippen MR) is 76.0 cm³/mol. The summed E-state index contributed by atoms with van der Waals surface area (Å²) < 4.78 is 15.7. The van der Waals surface area contributed by atoms with Crippen LogP contribution in [-0.4, -0.2) is 17.1 Å². The summed E-state index contributed by atoms with van der Waals surface area (Å²) >= 11 is 0. The van der Waals surface area contributed by atoms with Crippen LogP contribution < -0.4 is 5.32 Å². The van der Waals surface area contributed by atoms with Gasteiger partial charge in [0.25, 0.3) is 0 Å². The van der Waals surface area contributed by atoms with E-state index < -0.39 is 0 Å². The molecule has 2 heterocycles. The van der Waals surface area contributed by atoms with Gasteiger partial charge in [0.15, 0.2) is 0 Å². The van der Waals surface area contributed by atoms with E-state index in [4.69, 9.17) is 0 Å². The molecule has 20 heavy (non-hydrogen) atoms. The molecule has 0 saturated carbocycles. The van der Waals surface area contributed by atoms with Crippen LogP contribution in [0.25, 0.3) is 10.9 Å². The quantitative estimate of drug-likeness (QED) is 0.864. The van der Waals surface area contributed by atoms with Crippen molar-refractivity contribution < 1.29 is 4.39 Å². The lowest BCUT2D eigenvalue weighted by molar-refractivity contribution is 0.614. The molecule has 0 atom stereocenters. The Morgan fingerprint density at radius 2 is 2.35 bits per heavy atom. The van der Waals surface area contributed by atoms with Crippen molar-refractivity contribution in [1.29, 1.82) is 5.26 Å². The molecule has 2 aromatic rings. The van der Waals surface area contributed by atoms with Crippen molar-refractivity contribution in [2.75, 3.05) is 6.54 Å². The third-order valence-corrected chi connectivity index (χ3v) is 3.38. The number of fused-ring (bicyclic) bond motifs is 1. The topological polar surface area (TPSA) is 53.1 Å². The molecule has 0 amide bonds. The molecule has 0 saturated heterocycles. The van der Waals surface area contributed by atoms with Crippen molar-refractivity contribution >= 4 is 16.9 Å². The highest BCUT2D eigenvalue weighted by Gasteiger charge is 2.15. The fourth-order valence-electron chi connectivity index (χ4n) is 2.34. The van der Waals surface area contributed by atoms with Crippen molar-refractivity contribution in [3.63, 3.8) is 0 Å². The Balaban J connectivity index is 2.27. The van der Waals surface area contributed by atoms with Gasteiger partial charge in [-0.1, -0.05) is 6.92 Å². The van der Waals surface area contributed by atoms with Gasteiger partial charge in [0.1, 0.15) is 11.9 Å². The molecular weight excluding hydrogens is 255 g/mol. The molecule has 5 heteroatoms. The first kappa shape index (κ1) is 12.4.